The summed E-state index contributed by atoms with van der Waals surface area (Å²) in [5.74, 6) is 0.899. The maximum atomic E-state index is 5.62. The van der Waals surface area contributed by atoms with Crippen LogP contribution >= 0.6 is 0 Å². The molecule has 0 aromatic carbocycles. The Bertz CT molecular complexity index is 276. The SMILES string of the molecule is Cc1ncccc1OCCCCCCN. The van der Waals surface area contributed by atoms with Gasteiger partial charge in [-0.3, -0.25) is 4.98 Å². The minimum Gasteiger partial charge on any atom is -0.492 e. The van der Waals surface area contributed by atoms with Crippen LogP contribution in [-0.2, 0) is 0 Å². The minimum atomic E-state index is 0.775. The molecule has 0 aliphatic heterocycles. The molecule has 1 heterocycles. The first-order valence-corrected chi connectivity index (χ1v) is 5.59. The van der Waals surface area contributed by atoms with E-state index in [0.29, 0.717) is 0 Å². The first kappa shape index (κ1) is 12.0. The molecule has 0 unspecified atom stereocenters. The van der Waals surface area contributed by atoms with Gasteiger partial charge in [0, 0.05) is 6.20 Å². The molecule has 0 amide bonds. The van der Waals surface area contributed by atoms with Gasteiger partial charge in [0.1, 0.15) is 5.75 Å². The molecule has 15 heavy (non-hydrogen) atoms. The Morgan fingerprint density at radius 1 is 1.27 bits per heavy atom. The standard InChI is InChI=1S/C12H20N2O/c1-11-12(7-6-9-14-11)15-10-5-3-2-4-8-13/h6-7,9H,2-5,8,10,13H2,1H3. The van der Waals surface area contributed by atoms with Crippen LogP contribution in [0.2, 0.25) is 0 Å². The summed E-state index contributed by atoms with van der Waals surface area (Å²) in [5, 5.41) is 0. The number of hydrogen-bond acceptors (Lipinski definition) is 3. The summed E-state index contributed by atoms with van der Waals surface area (Å²) >= 11 is 0. The quantitative estimate of drug-likeness (QED) is 0.699. The molecule has 0 radical (unpaired) electrons. The van der Waals surface area contributed by atoms with Crippen molar-refractivity contribution in [2.75, 3.05) is 13.2 Å². The molecule has 2 N–H and O–H groups in total. The van der Waals surface area contributed by atoms with E-state index in [-0.39, 0.29) is 0 Å². The van der Waals surface area contributed by atoms with Gasteiger partial charge in [0.15, 0.2) is 0 Å². The topological polar surface area (TPSA) is 48.1 Å². The molecule has 1 aromatic heterocycles. The molecule has 0 saturated carbocycles. The zero-order valence-corrected chi connectivity index (χ0v) is 9.41. The van der Waals surface area contributed by atoms with E-state index in [1.165, 1.54) is 12.8 Å². The van der Waals surface area contributed by atoms with Gasteiger partial charge in [-0.15, -0.1) is 0 Å². The number of hydrogen-bond donors (Lipinski definition) is 1. The van der Waals surface area contributed by atoms with Crippen molar-refractivity contribution in [2.45, 2.75) is 32.6 Å². The number of pyridine rings is 1. The van der Waals surface area contributed by atoms with E-state index in [2.05, 4.69) is 4.98 Å². The van der Waals surface area contributed by atoms with Crippen LogP contribution < -0.4 is 10.5 Å². The Labute approximate surface area is 91.7 Å². The number of ether oxygens (including phenoxy) is 1. The van der Waals surface area contributed by atoms with Crippen molar-refractivity contribution in [2.24, 2.45) is 5.73 Å². The van der Waals surface area contributed by atoms with Crippen molar-refractivity contribution in [3.8, 4) is 5.75 Å². The van der Waals surface area contributed by atoms with Crippen LogP contribution in [0.25, 0.3) is 0 Å². The van der Waals surface area contributed by atoms with Gasteiger partial charge >= 0.3 is 0 Å². The maximum Gasteiger partial charge on any atom is 0.140 e. The fourth-order valence-corrected chi connectivity index (χ4v) is 1.40. The largest absolute Gasteiger partial charge is 0.492 e. The maximum absolute atomic E-state index is 5.62. The fourth-order valence-electron chi connectivity index (χ4n) is 1.40. The van der Waals surface area contributed by atoms with Gasteiger partial charge < -0.3 is 10.5 Å². The van der Waals surface area contributed by atoms with Crippen LogP contribution in [0.1, 0.15) is 31.4 Å². The first-order valence-electron chi connectivity index (χ1n) is 5.59. The first-order chi connectivity index (χ1) is 7.34. The number of aromatic nitrogens is 1. The molecular formula is C12H20N2O. The molecule has 0 aliphatic carbocycles. The Balaban J connectivity index is 2.12. The van der Waals surface area contributed by atoms with Crippen LogP contribution in [-0.4, -0.2) is 18.1 Å². The summed E-state index contributed by atoms with van der Waals surface area (Å²) in [7, 11) is 0. The highest BCUT2D eigenvalue weighted by Crippen LogP contribution is 2.14. The number of aryl methyl sites for hydroxylation is 1. The van der Waals surface area contributed by atoms with E-state index < -0.39 is 0 Å². The van der Waals surface area contributed by atoms with Crippen molar-refractivity contribution in [3.05, 3.63) is 24.0 Å². The van der Waals surface area contributed by atoms with Gasteiger partial charge in [-0.05, 0) is 38.4 Å². The molecule has 0 atom stereocenters. The third-order valence-electron chi connectivity index (χ3n) is 2.31. The average Bonchev–Trinajstić information content (AvgIpc) is 2.25. The van der Waals surface area contributed by atoms with Crippen LogP contribution in [0.4, 0.5) is 0 Å². The van der Waals surface area contributed by atoms with Crippen molar-refractivity contribution in [1.29, 1.82) is 0 Å². The zero-order chi connectivity index (χ0) is 10.9. The molecule has 0 bridgehead atoms. The van der Waals surface area contributed by atoms with Crippen molar-refractivity contribution in [3.63, 3.8) is 0 Å². The summed E-state index contributed by atoms with van der Waals surface area (Å²) in [4.78, 5) is 4.17. The van der Waals surface area contributed by atoms with E-state index in [1.54, 1.807) is 6.20 Å². The summed E-state index contributed by atoms with van der Waals surface area (Å²) < 4.78 is 5.62. The Morgan fingerprint density at radius 2 is 2.07 bits per heavy atom. The van der Waals surface area contributed by atoms with E-state index >= 15 is 0 Å². The number of rotatable bonds is 7. The minimum absolute atomic E-state index is 0.775. The smallest absolute Gasteiger partial charge is 0.140 e. The van der Waals surface area contributed by atoms with Crippen LogP contribution in [0, 0.1) is 6.92 Å². The summed E-state index contributed by atoms with van der Waals surface area (Å²) in [5.41, 5.74) is 6.37. The lowest BCUT2D eigenvalue weighted by Crippen LogP contribution is -2.01. The van der Waals surface area contributed by atoms with E-state index in [0.717, 1.165) is 37.4 Å². The molecule has 0 fully saturated rings. The lowest BCUT2D eigenvalue weighted by molar-refractivity contribution is 0.301. The fraction of sp³-hybridized carbons (Fsp3) is 0.583. The highest BCUT2D eigenvalue weighted by Gasteiger charge is 1.97. The van der Waals surface area contributed by atoms with Crippen LogP contribution in [0.15, 0.2) is 18.3 Å². The van der Waals surface area contributed by atoms with Gasteiger partial charge in [0.2, 0.25) is 0 Å². The molecule has 3 nitrogen and oxygen atoms in total. The third-order valence-corrected chi connectivity index (χ3v) is 2.31. The highest BCUT2D eigenvalue weighted by atomic mass is 16.5. The van der Waals surface area contributed by atoms with Crippen molar-refractivity contribution >= 4 is 0 Å². The molecule has 0 aliphatic rings. The second kappa shape index (κ2) is 7.23. The monoisotopic (exact) mass is 208 g/mol. The molecule has 1 aromatic rings. The van der Waals surface area contributed by atoms with Gasteiger partial charge in [0.05, 0.1) is 12.3 Å². The van der Waals surface area contributed by atoms with Crippen LogP contribution in [0.3, 0.4) is 0 Å². The van der Waals surface area contributed by atoms with Gasteiger partial charge in [-0.2, -0.15) is 0 Å². The molecule has 0 spiro atoms. The number of nitrogens with zero attached hydrogens (tertiary/aromatic N) is 1. The second-order valence-corrected chi connectivity index (χ2v) is 3.64. The lowest BCUT2D eigenvalue weighted by atomic mass is 10.2. The predicted molar refractivity (Wildman–Crippen MR) is 62.0 cm³/mol. The van der Waals surface area contributed by atoms with E-state index in [4.69, 9.17) is 10.5 Å². The molecule has 1 rings (SSSR count). The summed E-state index contributed by atoms with van der Waals surface area (Å²) in [6, 6.07) is 3.86. The summed E-state index contributed by atoms with van der Waals surface area (Å²) in [6.07, 6.45) is 6.38. The zero-order valence-electron chi connectivity index (χ0n) is 9.41. The molecule has 84 valence electrons. The number of unbranched alkanes of at least 4 members (excludes halogenated alkanes) is 3. The third kappa shape index (κ3) is 4.79. The van der Waals surface area contributed by atoms with Gasteiger partial charge in [-0.25, -0.2) is 0 Å². The van der Waals surface area contributed by atoms with Crippen LogP contribution in [0.5, 0.6) is 5.75 Å². The Kier molecular flexibility index (Phi) is 5.78. The molecule has 3 heteroatoms. The van der Waals surface area contributed by atoms with Gasteiger partial charge in [0.25, 0.3) is 0 Å². The Hall–Kier alpha value is -1.09. The number of nitrogens with two attached hydrogens (primary N) is 1. The van der Waals surface area contributed by atoms with Crippen molar-refractivity contribution in [1.82, 2.24) is 4.98 Å². The summed E-state index contributed by atoms with van der Waals surface area (Å²) in [6.45, 7) is 3.53. The van der Waals surface area contributed by atoms with E-state index in [9.17, 15) is 0 Å². The molecule has 0 saturated heterocycles. The Morgan fingerprint density at radius 3 is 2.80 bits per heavy atom. The predicted octanol–water partition coefficient (Wildman–Crippen LogP) is 2.29. The molecular weight excluding hydrogens is 188 g/mol. The highest BCUT2D eigenvalue weighted by molar-refractivity contribution is 5.25. The normalized spacial score (nSPS) is 10.3. The van der Waals surface area contributed by atoms with Gasteiger partial charge in [-0.1, -0.05) is 12.8 Å². The van der Waals surface area contributed by atoms with Crippen molar-refractivity contribution < 1.29 is 4.74 Å². The lowest BCUT2D eigenvalue weighted by Gasteiger charge is -2.07. The second-order valence-electron chi connectivity index (χ2n) is 3.64. The van der Waals surface area contributed by atoms with E-state index in [1.807, 2.05) is 19.1 Å². The average molecular weight is 208 g/mol.